The van der Waals surface area contributed by atoms with Gasteiger partial charge in [-0.1, -0.05) is 91.0 Å². The molecule has 12 heterocycles. The van der Waals surface area contributed by atoms with Crippen molar-refractivity contribution in [3.05, 3.63) is 203 Å². The zero-order valence-electron chi connectivity index (χ0n) is 67.8. The number of methoxy groups -OCH3 is 1. The number of ether oxygens (including phenoxy) is 5. The van der Waals surface area contributed by atoms with E-state index in [1.54, 1.807) is 7.11 Å². The van der Waals surface area contributed by atoms with Crippen LogP contribution in [0.15, 0.2) is 152 Å². The Balaban J connectivity index is 0.000000124. The van der Waals surface area contributed by atoms with Crippen molar-refractivity contribution >= 4 is 126 Å². The van der Waals surface area contributed by atoms with Crippen LogP contribution in [-0.4, -0.2) is 229 Å². The first-order valence-electron chi connectivity index (χ1n) is 40.1. The predicted molar refractivity (Wildman–Crippen MR) is 464 cm³/mol. The second-order valence-corrected chi connectivity index (χ2v) is 29.5. The largest absolute Gasteiger partial charge is 0.396 e. The van der Waals surface area contributed by atoms with Gasteiger partial charge in [-0.3, -0.25) is 0 Å². The molecule has 4 aliphatic rings. The molecular formula is C86H102N26O6. The summed E-state index contributed by atoms with van der Waals surface area (Å²) in [6.07, 6.45) is 1.67. The molecule has 4 saturated heterocycles. The molecule has 32 heteroatoms. The van der Waals surface area contributed by atoms with Gasteiger partial charge in [-0.25, -0.2) is 29.9 Å². The number of piperazine rings is 1. The monoisotopic (exact) mass is 1590 g/mol. The molecule has 14 aromatic rings. The molecule has 4 aliphatic heterocycles. The van der Waals surface area contributed by atoms with Crippen molar-refractivity contribution in [2.45, 2.75) is 60.5 Å². The maximum atomic E-state index is 9.26. The molecule has 10 N–H and O–H groups in total. The number of rotatable bonds is 24. The number of aliphatic hydroxyl groups excluding tert-OH is 1. The lowest BCUT2D eigenvalue weighted by Crippen LogP contribution is -2.45. The molecule has 6 aromatic carbocycles. The Hall–Kier alpha value is -12.6. The Kier molecular flexibility index (Phi) is 26.6. The van der Waals surface area contributed by atoms with Crippen molar-refractivity contribution in [2.24, 2.45) is 0 Å². The summed E-state index contributed by atoms with van der Waals surface area (Å²) in [6.45, 7) is 24.6. The van der Waals surface area contributed by atoms with Crippen LogP contribution in [0.2, 0.25) is 0 Å². The number of anilines is 14. The Bertz CT molecular complexity index is 5640. The van der Waals surface area contributed by atoms with E-state index in [1.807, 2.05) is 91.9 Å². The number of aryl methyl sites for hydroxylation is 5. The van der Waals surface area contributed by atoms with Gasteiger partial charge < -0.3 is 99.8 Å². The normalized spacial score (nSPS) is 14.5. The van der Waals surface area contributed by atoms with Gasteiger partial charge in [0, 0.05) is 120 Å². The highest BCUT2D eigenvalue weighted by atomic mass is 16.5. The highest BCUT2D eigenvalue weighted by Crippen LogP contribution is 2.33. The van der Waals surface area contributed by atoms with Gasteiger partial charge in [0.1, 0.15) is 39.5 Å². The van der Waals surface area contributed by atoms with E-state index in [-0.39, 0.29) is 6.61 Å². The zero-order valence-corrected chi connectivity index (χ0v) is 67.8. The van der Waals surface area contributed by atoms with Gasteiger partial charge in [0.2, 0.25) is 29.7 Å². The maximum absolute atomic E-state index is 9.26. The number of likely N-dealkylation sites (N-methyl/N-ethyl adjacent to an activating group) is 1. The van der Waals surface area contributed by atoms with Gasteiger partial charge in [-0.2, -0.15) is 29.9 Å². The molecule has 4 fully saturated rings. The third-order valence-corrected chi connectivity index (χ3v) is 20.0. The molecule has 0 atom stereocenters. The number of aliphatic hydroxyl groups is 1. The first kappa shape index (κ1) is 80.6. The standard InChI is InChI=1S/C25H28N6O2.C24H28N8.C19H24N6O2.C18H22N6O2/c1-18-6-5-9-20(16-18)26-25-29-22-23(30-25)27-21(28-24(22)31-11-14-32-15-12-31)10-13-33-17-19-7-3-2-4-8-19;1-16-6-4-8-18(14-16)25-23-27-20-21(28-23)29-24(26-19-9-5-7-17(2)15-19)30-22(20)32-12-10-31(3)11-13-32;1-13-4-3-5-14(12-13)20-19-23-16-17(24-19)21-15(6-9-26-2)22-18(16)25-7-10-27-11-8-25;1-12-3-2-4-13(11-12)19-18-22-15-16(23-18)20-14(5-8-25)21-17(15)24-6-9-26-10-7-24/h2-9,16H,10-15,17H2,1H3,(H2,26,27,28,29,30);4-9,14-15H,10-13H2,1-3H3,(H3,25,26,27,28,29,30);3-5,12H,6-11H2,1-2H3,(H2,20,21,22,23,24);2-4,11,25H,5-10H2,1H3,(H2,19,20,21,22,23). The van der Waals surface area contributed by atoms with Crippen molar-refractivity contribution < 1.29 is 28.8 Å². The Morgan fingerprint density at radius 3 is 1.04 bits per heavy atom. The van der Waals surface area contributed by atoms with E-state index < -0.39 is 0 Å². The van der Waals surface area contributed by atoms with E-state index in [1.165, 1.54) is 27.8 Å². The molecule has 0 radical (unpaired) electrons. The second-order valence-electron chi connectivity index (χ2n) is 29.5. The molecular weight excluding hydrogens is 1490 g/mol. The number of H-pyrrole nitrogens is 4. The minimum Gasteiger partial charge on any atom is -0.396 e. The van der Waals surface area contributed by atoms with Gasteiger partial charge in [0.25, 0.3) is 0 Å². The Morgan fingerprint density at radius 1 is 0.356 bits per heavy atom. The summed E-state index contributed by atoms with van der Waals surface area (Å²) >= 11 is 0. The summed E-state index contributed by atoms with van der Waals surface area (Å²) in [6, 6.07) is 51.0. The molecule has 8 aromatic heterocycles. The average Bonchev–Trinajstić information content (AvgIpc) is 1.63. The third kappa shape index (κ3) is 21.4. The smallest absolute Gasteiger partial charge is 0.231 e. The number of fused-ring (bicyclic) bond motifs is 4. The highest BCUT2D eigenvalue weighted by Gasteiger charge is 2.26. The number of hydrogen-bond donors (Lipinski definition) is 10. The number of aromatic nitrogens is 16. The highest BCUT2D eigenvalue weighted by molar-refractivity contribution is 5.90. The number of nitrogens with one attached hydrogen (secondary N) is 9. The van der Waals surface area contributed by atoms with Crippen molar-refractivity contribution in [3.8, 4) is 0 Å². The fourth-order valence-corrected chi connectivity index (χ4v) is 14.1. The Morgan fingerprint density at radius 2 is 0.686 bits per heavy atom. The van der Waals surface area contributed by atoms with E-state index in [9.17, 15) is 5.11 Å². The molecule has 0 unspecified atom stereocenters. The average molecular weight is 1600 g/mol. The number of nitrogens with zero attached hydrogens (tertiary/aromatic N) is 17. The molecule has 0 amide bonds. The lowest BCUT2D eigenvalue weighted by molar-refractivity contribution is 0.121. The van der Waals surface area contributed by atoms with Gasteiger partial charge in [-0.15, -0.1) is 0 Å². The minimum absolute atomic E-state index is 0.00683. The Labute approximate surface area is 684 Å². The molecule has 0 spiro atoms. The van der Waals surface area contributed by atoms with Crippen LogP contribution in [0.4, 0.5) is 81.5 Å². The molecule has 118 heavy (non-hydrogen) atoms. The summed E-state index contributed by atoms with van der Waals surface area (Å²) < 4.78 is 27.5. The van der Waals surface area contributed by atoms with Crippen LogP contribution >= 0.6 is 0 Å². The fraction of sp³-hybridized carbons (Fsp3) is 0.349. The lowest BCUT2D eigenvalue weighted by atomic mass is 10.2. The van der Waals surface area contributed by atoms with Gasteiger partial charge in [0.05, 0.1) is 66.1 Å². The third-order valence-electron chi connectivity index (χ3n) is 20.0. The van der Waals surface area contributed by atoms with Crippen LogP contribution in [0.5, 0.6) is 0 Å². The summed E-state index contributed by atoms with van der Waals surface area (Å²) in [5.74, 6) is 8.62. The fourth-order valence-electron chi connectivity index (χ4n) is 14.1. The number of benzene rings is 6. The van der Waals surface area contributed by atoms with Gasteiger partial charge in [-0.05, 0) is 136 Å². The number of aromatic amines is 4. The SMILES string of the molecule is COCCc1nc(N2CCOCC2)c2[nH]c(Nc3cccc(C)c3)nc2n1.Cc1cccc(Nc2nc(N3CCN(C)CC3)c3[nH]c(Nc4cccc(C)c4)nc3n2)c1.Cc1cccc(Nc2nc3nc(CCO)nc(N4CCOCC4)c3[nH]2)c1.Cc1cccc(Nc2nc3nc(CCOCc4ccccc4)nc(N4CCOCC4)c3[nH]2)c1. The van der Waals surface area contributed by atoms with Gasteiger partial charge >= 0.3 is 0 Å². The van der Waals surface area contributed by atoms with Crippen molar-refractivity contribution in [1.29, 1.82) is 0 Å². The molecule has 0 aliphatic carbocycles. The van der Waals surface area contributed by atoms with E-state index in [4.69, 9.17) is 58.6 Å². The quantitative estimate of drug-likeness (QED) is 0.0251. The molecule has 18 rings (SSSR count). The zero-order chi connectivity index (χ0) is 81.1. The number of morpholine rings is 3. The topological polar surface area (TPSA) is 361 Å². The van der Waals surface area contributed by atoms with Crippen LogP contribution in [0.1, 0.15) is 50.9 Å². The summed E-state index contributed by atoms with van der Waals surface area (Å²) in [7, 11) is 3.83. The van der Waals surface area contributed by atoms with Crippen LogP contribution < -0.4 is 46.2 Å². The van der Waals surface area contributed by atoms with Crippen molar-refractivity contribution in [3.63, 3.8) is 0 Å². The lowest BCUT2D eigenvalue weighted by Gasteiger charge is -2.33. The van der Waals surface area contributed by atoms with E-state index >= 15 is 0 Å². The molecule has 0 saturated carbocycles. The summed E-state index contributed by atoms with van der Waals surface area (Å²) in [5, 5.41) is 26.0. The maximum Gasteiger partial charge on any atom is 0.231 e. The van der Waals surface area contributed by atoms with Crippen LogP contribution in [0, 0.1) is 34.6 Å². The summed E-state index contributed by atoms with van der Waals surface area (Å²) in [4.78, 5) is 81.1. The molecule has 32 nitrogen and oxygen atoms in total. The van der Waals surface area contributed by atoms with Crippen molar-refractivity contribution in [2.75, 3.05) is 185 Å². The van der Waals surface area contributed by atoms with Crippen molar-refractivity contribution in [1.82, 2.24) is 84.6 Å². The predicted octanol–water partition coefficient (Wildman–Crippen LogP) is 12.4. The second kappa shape index (κ2) is 38.9. The first-order valence-corrected chi connectivity index (χ1v) is 40.1. The first-order chi connectivity index (χ1) is 57.7. The minimum atomic E-state index is 0.00683. The van der Waals surface area contributed by atoms with E-state index in [0.29, 0.717) is 137 Å². The number of imidazole rings is 4. The summed E-state index contributed by atoms with van der Waals surface area (Å²) in [5.41, 5.74) is 17.8. The van der Waals surface area contributed by atoms with Crippen LogP contribution in [0.25, 0.3) is 44.7 Å². The molecule has 0 bridgehead atoms. The van der Waals surface area contributed by atoms with Crippen LogP contribution in [-0.2, 0) is 49.6 Å². The van der Waals surface area contributed by atoms with E-state index in [2.05, 4.69) is 197 Å². The van der Waals surface area contributed by atoms with E-state index in [0.717, 1.165) is 156 Å². The number of hydrogen-bond acceptors (Lipinski definition) is 28. The molecule has 612 valence electrons. The van der Waals surface area contributed by atoms with Gasteiger partial charge in [0.15, 0.2) is 45.9 Å². The van der Waals surface area contributed by atoms with Crippen LogP contribution in [0.3, 0.4) is 0 Å².